The zero-order valence-corrected chi connectivity index (χ0v) is 17.9. The van der Waals surface area contributed by atoms with Gasteiger partial charge < -0.3 is 15.5 Å². The molecule has 0 saturated carbocycles. The third-order valence-electron chi connectivity index (χ3n) is 4.83. The van der Waals surface area contributed by atoms with Crippen molar-refractivity contribution in [1.29, 1.82) is 0 Å². The Morgan fingerprint density at radius 3 is 2.41 bits per heavy atom. The van der Waals surface area contributed by atoms with Gasteiger partial charge in [0, 0.05) is 18.7 Å². The van der Waals surface area contributed by atoms with Gasteiger partial charge in [-0.15, -0.1) is 0 Å². The van der Waals surface area contributed by atoms with Crippen molar-refractivity contribution in [1.82, 2.24) is 15.5 Å². The predicted molar refractivity (Wildman–Crippen MR) is 118 cm³/mol. The van der Waals surface area contributed by atoms with E-state index in [0.29, 0.717) is 12.1 Å². The van der Waals surface area contributed by atoms with Crippen molar-refractivity contribution in [2.45, 2.75) is 39.8 Å². The molecule has 0 bridgehead atoms. The first-order valence-electron chi connectivity index (χ1n) is 10.2. The van der Waals surface area contributed by atoms with E-state index < -0.39 is 6.04 Å². The maximum atomic E-state index is 12.6. The molecule has 156 valence electrons. The Morgan fingerprint density at radius 1 is 1.03 bits per heavy atom. The van der Waals surface area contributed by atoms with E-state index in [1.54, 1.807) is 6.07 Å². The number of hydrogen-bond donors (Lipinski definition) is 2. The summed E-state index contributed by atoms with van der Waals surface area (Å²) < 4.78 is 0. The molecule has 0 saturated heterocycles. The number of nitrogens with zero attached hydrogens (tertiary/aromatic N) is 1. The Morgan fingerprint density at radius 2 is 1.76 bits per heavy atom. The lowest BCUT2D eigenvalue weighted by atomic mass is 10.0. The van der Waals surface area contributed by atoms with Gasteiger partial charge in [-0.25, -0.2) is 0 Å². The fourth-order valence-electron chi connectivity index (χ4n) is 3.19. The van der Waals surface area contributed by atoms with Crippen molar-refractivity contribution in [3.05, 3.63) is 71.3 Å². The lowest BCUT2D eigenvalue weighted by Crippen LogP contribution is -2.50. The van der Waals surface area contributed by atoms with Gasteiger partial charge in [0.1, 0.15) is 6.04 Å². The zero-order chi connectivity index (χ0) is 21.2. The highest BCUT2D eigenvalue weighted by Crippen LogP contribution is 2.08. The van der Waals surface area contributed by atoms with Gasteiger partial charge in [-0.05, 0) is 50.6 Å². The summed E-state index contributed by atoms with van der Waals surface area (Å²) in [7, 11) is 2.08. The van der Waals surface area contributed by atoms with Gasteiger partial charge in [-0.2, -0.15) is 0 Å². The Balaban J connectivity index is 1.78. The van der Waals surface area contributed by atoms with Crippen LogP contribution in [0.4, 0.5) is 0 Å². The van der Waals surface area contributed by atoms with Crippen molar-refractivity contribution in [2.75, 3.05) is 20.1 Å². The maximum Gasteiger partial charge on any atom is 0.251 e. The largest absolute Gasteiger partial charge is 0.354 e. The van der Waals surface area contributed by atoms with E-state index in [4.69, 9.17) is 0 Å². The molecule has 5 heteroatoms. The molecule has 0 fully saturated rings. The predicted octanol–water partition coefficient (Wildman–Crippen LogP) is 3.39. The highest BCUT2D eigenvalue weighted by molar-refractivity contribution is 5.97. The summed E-state index contributed by atoms with van der Waals surface area (Å²) in [5.74, 6) is -0.346. The van der Waals surface area contributed by atoms with E-state index >= 15 is 0 Å². The summed E-state index contributed by atoms with van der Waals surface area (Å²) in [5, 5.41) is 5.85. The van der Waals surface area contributed by atoms with Crippen molar-refractivity contribution in [2.24, 2.45) is 5.92 Å². The van der Waals surface area contributed by atoms with Crippen molar-refractivity contribution >= 4 is 11.8 Å². The normalized spacial score (nSPS) is 12.1. The molecule has 2 N–H and O–H groups in total. The van der Waals surface area contributed by atoms with Gasteiger partial charge in [0.05, 0.1) is 0 Å². The van der Waals surface area contributed by atoms with Crippen LogP contribution in [0, 0.1) is 12.8 Å². The second-order valence-corrected chi connectivity index (χ2v) is 7.93. The van der Waals surface area contributed by atoms with E-state index in [0.717, 1.165) is 25.1 Å². The summed E-state index contributed by atoms with van der Waals surface area (Å²) in [4.78, 5) is 27.4. The van der Waals surface area contributed by atoms with Gasteiger partial charge in [0.25, 0.3) is 5.91 Å². The number of hydrogen-bond acceptors (Lipinski definition) is 3. The van der Waals surface area contributed by atoms with Crippen LogP contribution in [0.1, 0.15) is 41.8 Å². The molecule has 0 radical (unpaired) electrons. The minimum atomic E-state index is -0.551. The van der Waals surface area contributed by atoms with E-state index in [9.17, 15) is 9.59 Å². The molecule has 0 aliphatic heterocycles. The van der Waals surface area contributed by atoms with Crippen molar-refractivity contribution in [3.8, 4) is 0 Å². The third kappa shape index (κ3) is 7.70. The fraction of sp³-hybridized carbons (Fsp3) is 0.417. The van der Waals surface area contributed by atoms with Crippen molar-refractivity contribution < 1.29 is 9.59 Å². The highest BCUT2D eigenvalue weighted by Gasteiger charge is 2.24. The quantitative estimate of drug-likeness (QED) is 0.606. The molecule has 2 aromatic rings. The Hall–Kier alpha value is -2.66. The van der Waals surface area contributed by atoms with E-state index in [2.05, 4.69) is 34.7 Å². The standard InChI is InChI=1S/C24H33N3O2/c1-18(2)22(26-23(28)21-13-8-10-19(3)16-21)24(29)25-14-9-15-27(4)17-20-11-6-5-7-12-20/h5-8,10-13,16,18,22H,9,14-15,17H2,1-4H3,(H,25,29)(H,26,28). The van der Waals surface area contributed by atoms with Gasteiger partial charge in [0.15, 0.2) is 0 Å². The summed E-state index contributed by atoms with van der Waals surface area (Å²) in [5.41, 5.74) is 2.87. The molecule has 0 heterocycles. The third-order valence-corrected chi connectivity index (χ3v) is 4.83. The van der Waals surface area contributed by atoms with Gasteiger partial charge in [0.2, 0.25) is 5.91 Å². The molecular formula is C24H33N3O2. The van der Waals surface area contributed by atoms with E-state index in [1.807, 2.05) is 57.2 Å². The van der Waals surface area contributed by atoms with Gasteiger partial charge in [-0.1, -0.05) is 61.9 Å². The Bertz CT molecular complexity index is 790. The molecule has 1 atom stereocenters. The van der Waals surface area contributed by atoms with E-state index in [1.165, 1.54) is 5.56 Å². The molecule has 0 spiro atoms. The van der Waals surface area contributed by atoms with Crippen LogP contribution in [0.5, 0.6) is 0 Å². The molecule has 2 amide bonds. The van der Waals surface area contributed by atoms with Crippen LogP contribution in [0.25, 0.3) is 0 Å². The summed E-state index contributed by atoms with van der Waals surface area (Å²) in [6.45, 7) is 8.18. The van der Waals surface area contributed by atoms with Gasteiger partial charge in [-0.3, -0.25) is 9.59 Å². The molecule has 0 aromatic heterocycles. The SMILES string of the molecule is Cc1cccc(C(=O)NC(C(=O)NCCCN(C)Cc2ccccc2)C(C)C)c1. The van der Waals surface area contributed by atoms with Crippen LogP contribution in [0.3, 0.4) is 0 Å². The molecule has 0 aliphatic carbocycles. The molecule has 0 aliphatic rings. The molecule has 2 aromatic carbocycles. The molecule has 29 heavy (non-hydrogen) atoms. The lowest BCUT2D eigenvalue weighted by molar-refractivity contribution is -0.123. The summed E-state index contributed by atoms with van der Waals surface area (Å²) >= 11 is 0. The first-order valence-corrected chi connectivity index (χ1v) is 10.2. The number of benzene rings is 2. The average Bonchev–Trinajstić information content (AvgIpc) is 2.69. The number of aryl methyl sites for hydroxylation is 1. The Kier molecular flexibility index (Phi) is 8.87. The van der Waals surface area contributed by atoms with Crippen LogP contribution in [0.2, 0.25) is 0 Å². The zero-order valence-electron chi connectivity index (χ0n) is 17.9. The number of rotatable bonds is 10. The average molecular weight is 396 g/mol. The van der Waals surface area contributed by atoms with Crippen LogP contribution in [-0.2, 0) is 11.3 Å². The smallest absolute Gasteiger partial charge is 0.251 e. The first-order chi connectivity index (χ1) is 13.9. The fourth-order valence-corrected chi connectivity index (χ4v) is 3.19. The highest BCUT2D eigenvalue weighted by atomic mass is 16.2. The van der Waals surface area contributed by atoms with Crippen LogP contribution in [0.15, 0.2) is 54.6 Å². The number of carbonyl (C=O) groups is 2. The maximum absolute atomic E-state index is 12.6. The lowest BCUT2D eigenvalue weighted by Gasteiger charge is -2.22. The summed E-state index contributed by atoms with van der Waals surface area (Å²) in [6, 6.07) is 17.2. The van der Waals surface area contributed by atoms with E-state index in [-0.39, 0.29) is 17.7 Å². The summed E-state index contributed by atoms with van der Waals surface area (Å²) in [6.07, 6.45) is 0.853. The van der Waals surface area contributed by atoms with Crippen LogP contribution < -0.4 is 10.6 Å². The minimum absolute atomic E-state index is 0.00418. The monoisotopic (exact) mass is 395 g/mol. The van der Waals surface area contributed by atoms with Crippen LogP contribution >= 0.6 is 0 Å². The first kappa shape index (κ1) is 22.6. The minimum Gasteiger partial charge on any atom is -0.354 e. The second-order valence-electron chi connectivity index (χ2n) is 7.93. The number of carbonyl (C=O) groups excluding carboxylic acids is 2. The molecule has 1 unspecified atom stereocenters. The molecule has 2 rings (SSSR count). The Labute approximate surface area is 174 Å². The van der Waals surface area contributed by atoms with Gasteiger partial charge >= 0.3 is 0 Å². The van der Waals surface area contributed by atoms with Crippen LogP contribution in [-0.4, -0.2) is 42.9 Å². The molecule has 5 nitrogen and oxygen atoms in total. The molecular weight excluding hydrogens is 362 g/mol. The number of nitrogens with one attached hydrogen (secondary N) is 2. The van der Waals surface area contributed by atoms with Crippen molar-refractivity contribution in [3.63, 3.8) is 0 Å². The topological polar surface area (TPSA) is 61.4 Å². The number of amides is 2. The second kappa shape index (κ2) is 11.4.